The van der Waals surface area contributed by atoms with Gasteiger partial charge in [-0.1, -0.05) is 13.8 Å². The maximum atomic E-state index is 5.58. The normalized spacial score (nSPS) is 19.9. The Morgan fingerprint density at radius 3 is 2.62 bits per heavy atom. The van der Waals surface area contributed by atoms with Crippen LogP contribution in [0.2, 0.25) is 0 Å². The number of rotatable bonds is 8. The second-order valence-corrected chi connectivity index (χ2v) is 4.52. The van der Waals surface area contributed by atoms with E-state index in [1.807, 2.05) is 0 Å². The second-order valence-electron chi connectivity index (χ2n) is 4.52. The second kappa shape index (κ2) is 8.97. The molecule has 0 aromatic rings. The molecule has 0 aliphatic carbocycles. The van der Waals surface area contributed by atoms with Crippen LogP contribution in [-0.4, -0.2) is 39.0 Å². The quantitative estimate of drug-likeness (QED) is 0.647. The van der Waals surface area contributed by atoms with Crippen LogP contribution in [0.25, 0.3) is 0 Å². The molecule has 16 heavy (non-hydrogen) atoms. The molecule has 3 heteroatoms. The van der Waals surface area contributed by atoms with Gasteiger partial charge in [-0.05, 0) is 38.1 Å². The van der Waals surface area contributed by atoms with Crippen molar-refractivity contribution in [2.24, 2.45) is 5.92 Å². The molecule has 1 fully saturated rings. The molecule has 0 amide bonds. The van der Waals surface area contributed by atoms with Crippen LogP contribution in [0, 0.1) is 5.92 Å². The third-order valence-corrected chi connectivity index (χ3v) is 3.22. The summed E-state index contributed by atoms with van der Waals surface area (Å²) in [6.45, 7) is 9.04. The number of ether oxygens (including phenoxy) is 2. The van der Waals surface area contributed by atoms with Gasteiger partial charge in [0.05, 0.1) is 0 Å². The standard InChI is InChI=1S/C13H27NO2/c1-3-8-15-11-7-13(14-4-2)12-5-9-16-10-6-12/h12-14H,3-11H2,1-2H3. The topological polar surface area (TPSA) is 30.5 Å². The summed E-state index contributed by atoms with van der Waals surface area (Å²) in [7, 11) is 0. The Labute approximate surface area is 99.9 Å². The van der Waals surface area contributed by atoms with E-state index in [2.05, 4.69) is 19.2 Å². The average Bonchev–Trinajstić information content (AvgIpc) is 2.34. The van der Waals surface area contributed by atoms with E-state index >= 15 is 0 Å². The van der Waals surface area contributed by atoms with Crippen molar-refractivity contribution in [3.8, 4) is 0 Å². The fourth-order valence-electron chi connectivity index (χ4n) is 2.34. The summed E-state index contributed by atoms with van der Waals surface area (Å²) < 4.78 is 11.0. The molecule has 1 rings (SSSR count). The molecule has 0 aromatic carbocycles. The van der Waals surface area contributed by atoms with Gasteiger partial charge >= 0.3 is 0 Å². The van der Waals surface area contributed by atoms with Gasteiger partial charge < -0.3 is 14.8 Å². The molecule has 0 bridgehead atoms. The Bertz CT molecular complexity index is 158. The maximum Gasteiger partial charge on any atom is 0.0480 e. The van der Waals surface area contributed by atoms with Gasteiger partial charge in [-0.25, -0.2) is 0 Å². The first-order valence-corrected chi connectivity index (χ1v) is 6.77. The zero-order valence-corrected chi connectivity index (χ0v) is 10.8. The molecular weight excluding hydrogens is 202 g/mol. The van der Waals surface area contributed by atoms with E-state index < -0.39 is 0 Å². The molecule has 0 radical (unpaired) electrons. The van der Waals surface area contributed by atoms with Gasteiger partial charge in [0.2, 0.25) is 0 Å². The van der Waals surface area contributed by atoms with Crippen molar-refractivity contribution in [1.29, 1.82) is 0 Å². The summed E-state index contributed by atoms with van der Waals surface area (Å²) in [6, 6.07) is 0.616. The molecule has 1 unspecified atom stereocenters. The SMILES string of the molecule is CCCOCCC(NCC)C1CCOCC1. The minimum absolute atomic E-state index is 0.616. The lowest BCUT2D eigenvalue weighted by Gasteiger charge is -2.30. The first kappa shape index (κ1) is 13.9. The zero-order valence-electron chi connectivity index (χ0n) is 10.8. The average molecular weight is 229 g/mol. The van der Waals surface area contributed by atoms with Crippen LogP contribution in [0.1, 0.15) is 39.5 Å². The number of nitrogens with one attached hydrogen (secondary N) is 1. The Kier molecular flexibility index (Phi) is 7.81. The van der Waals surface area contributed by atoms with Gasteiger partial charge in [0.25, 0.3) is 0 Å². The van der Waals surface area contributed by atoms with Crippen molar-refractivity contribution in [1.82, 2.24) is 5.32 Å². The smallest absolute Gasteiger partial charge is 0.0480 e. The molecule has 0 saturated carbocycles. The van der Waals surface area contributed by atoms with E-state index in [0.717, 1.165) is 51.7 Å². The molecule has 3 nitrogen and oxygen atoms in total. The molecular formula is C13H27NO2. The lowest BCUT2D eigenvalue weighted by Crippen LogP contribution is -2.39. The zero-order chi connectivity index (χ0) is 11.6. The van der Waals surface area contributed by atoms with Crippen molar-refractivity contribution in [2.45, 2.75) is 45.6 Å². The highest BCUT2D eigenvalue weighted by Crippen LogP contribution is 2.20. The van der Waals surface area contributed by atoms with E-state index in [9.17, 15) is 0 Å². The maximum absolute atomic E-state index is 5.58. The van der Waals surface area contributed by atoms with E-state index in [1.165, 1.54) is 12.8 Å². The highest BCUT2D eigenvalue weighted by molar-refractivity contribution is 4.78. The molecule has 1 aliphatic rings. The van der Waals surface area contributed by atoms with Crippen molar-refractivity contribution in [2.75, 3.05) is 33.0 Å². The lowest BCUT2D eigenvalue weighted by molar-refractivity contribution is 0.0452. The Morgan fingerprint density at radius 2 is 2.00 bits per heavy atom. The number of hydrogen-bond acceptors (Lipinski definition) is 3. The number of hydrogen-bond donors (Lipinski definition) is 1. The Hall–Kier alpha value is -0.120. The summed E-state index contributed by atoms with van der Waals surface area (Å²) in [5.74, 6) is 0.777. The van der Waals surface area contributed by atoms with E-state index in [4.69, 9.17) is 9.47 Å². The van der Waals surface area contributed by atoms with E-state index in [0.29, 0.717) is 6.04 Å². The molecule has 1 heterocycles. The van der Waals surface area contributed by atoms with Crippen LogP contribution < -0.4 is 5.32 Å². The predicted octanol–water partition coefficient (Wildman–Crippen LogP) is 2.21. The molecule has 1 atom stereocenters. The molecule has 1 saturated heterocycles. The molecule has 1 aliphatic heterocycles. The summed E-state index contributed by atoms with van der Waals surface area (Å²) in [5.41, 5.74) is 0. The minimum atomic E-state index is 0.616. The highest BCUT2D eigenvalue weighted by Gasteiger charge is 2.22. The van der Waals surface area contributed by atoms with Gasteiger partial charge in [0, 0.05) is 32.5 Å². The van der Waals surface area contributed by atoms with E-state index in [1.54, 1.807) is 0 Å². The van der Waals surface area contributed by atoms with Gasteiger partial charge in [0.1, 0.15) is 0 Å². The summed E-state index contributed by atoms with van der Waals surface area (Å²) >= 11 is 0. The fraction of sp³-hybridized carbons (Fsp3) is 1.00. The first-order valence-electron chi connectivity index (χ1n) is 6.77. The molecule has 0 aromatic heterocycles. The van der Waals surface area contributed by atoms with Crippen LogP contribution >= 0.6 is 0 Å². The monoisotopic (exact) mass is 229 g/mol. The van der Waals surface area contributed by atoms with Crippen LogP contribution in [-0.2, 0) is 9.47 Å². The Balaban J connectivity index is 2.22. The predicted molar refractivity (Wildman–Crippen MR) is 66.7 cm³/mol. The van der Waals surface area contributed by atoms with Crippen molar-refractivity contribution >= 4 is 0 Å². The third-order valence-electron chi connectivity index (χ3n) is 3.22. The largest absolute Gasteiger partial charge is 0.381 e. The van der Waals surface area contributed by atoms with Crippen molar-refractivity contribution < 1.29 is 9.47 Å². The van der Waals surface area contributed by atoms with Crippen LogP contribution in [0.4, 0.5) is 0 Å². The van der Waals surface area contributed by atoms with E-state index in [-0.39, 0.29) is 0 Å². The lowest BCUT2D eigenvalue weighted by atomic mass is 9.90. The van der Waals surface area contributed by atoms with Gasteiger partial charge in [0.15, 0.2) is 0 Å². The van der Waals surface area contributed by atoms with Gasteiger partial charge in [-0.2, -0.15) is 0 Å². The first-order chi connectivity index (χ1) is 7.88. The third kappa shape index (κ3) is 5.28. The fourth-order valence-corrected chi connectivity index (χ4v) is 2.34. The molecule has 1 N–H and O–H groups in total. The summed E-state index contributed by atoms with van der Waals surface area (Å²) in [5, 5.41) is 3.59. The molecule has 0 spiro atoms. The Morgan fingerprint density at radius 1 is 1.25 bits per heavy atom. The van der Waals surface area contributed by atoms with Gasteiger partial charge in [-0.3, -0.25) is 0 Å². The van der Waals surface area contributed by atoms with Crippen LogP contribution in [0.15, 0.2) is 0 Å². The summed E-state index contributed by atoms with van der Waals surface area (Å²) in [4.78, 5) is 0. The van der Waals surface area contributed by atoms with Crippen molar-refractivity contribution in [3.05, 3.63) is 0 Å². The minimum Gasteiger partial charge on any atom is -0.381 e. The van der Waals surface area contributed by atoms with Crippen molar-refractivity contribution in [3.63, 3.8) is 0 Å². The van der Waals surface area contributed by atoms with Gasteiger partial charge in [-0.15, -0.1) is 0 Å². The summed E-state index contributed by atoms with van der Waals surface area (Å²) in [6.07, 6.45) is 4.65. The van der Waals surface area contributed by atoms with Crippen LogP contribution in [0.5, 0.6) is 0 Å². The highest BCUT2D eigenvalue weighted by atomic mass is 16.5. The van der Waals surface area contributed by atoms with Crippen LogP contribution in [0.3, 0.4) is 0 Å². The molecule has 96 valence electrons.